The first kappa shape index (κ1) is 11.5. The molecule has 1 fully saturated rings. The van der Waals surface area contributed by atoms with Crippen LogP contribution in [0.15, 0.2) is 35.2 Å². The molecule has 2 nitrogen and oxygen atoms in total. The van der Waals surface area contributed by atoms with Crippen LogP contribution >= 0.6 is 0 Å². The average Bonchev–Trinajstić information content (AvgIpc) is 2.29. The summed E-state index contributed by atoms with van der Waals surface area (Å²) in [6.45, 7) is 2.08. The van der Waals surface area contributed by atoms with Crippen LogP contribution < -0.4 is 0 Å². The molecular formula is C13H16O2S. The fourth-order valence-electron chi connectivity index (χ4n) is 2.12. The monoisotopic (exact) mass is 236 g/mol. The van der Waals surface area contributed by atoms with Crippen LogP contribution in [0.3, 0.4) is 0 Å². The minimum absolute atomic E-state index is 0.168. The van der Waals surface area contributed by atoms with Crippen LogP contribution in [0, 0.1) is 5.92 Å². The quantitative estimate of drug-likeness (QED) is 0.791. The van der Waals surface area contributed by atoms with Crippen molar-refractivity contribution in [1.82, 2.24) is 0 Å². The van der Waals surface area contributed by atoms with Gasteiger partial charge in [0.1, 0.15) is 5.78 Å². The van der Waals surface area contributed by atoms with E-state index in [1.54, 1.807) is 0 Å². The summed E-state index contributed by atoms with van der Waals surface area (Å²) in [6, 6.07) is 9.29. The SMILES string of the molecule is C[C@@H]1CC[C@@H]([S@](=O)c2ccccc2)C(=O)C1. The molecule has 1 aromatic rings. The number of hydrogen-bond donors (Lipinski definition) is 0. The minimum Gasteiger partial charge on any atom is -0.298 e. The summed E-state index contributed by atoms with van der Waals surface area (Å²) in [7, 11) is -1.16. The molecule has 0 heterocycles. The predicted octanol–water partition coefficient (Wildman–Crippen LogP) is 2.55. The van der Waals surface area contributed by atoms with Crippen LogP contribution in [0.2, 0.25) is 0 Å². The molecule has 0 saturated heterocycles. The molecule has 0 aliphatic heterocycles. The first-order valence-corrected chi connectivity index (χ1v) is 6.88. The molecular weight excluding hydrogens is 220 g/mol. The van der Waals surface area contributed by atoms with Gasteiger partial charge in [0.05, 0.1) is 16.0 Å². The zero-order chi connectivity index (χ0) is 11.5. The molecule has 86 valence electrons. The second kappa shape index (κ2) is 4.91. The number of ketones is 1. The maximum Gasteiger partial charge on any atom is 0.149 e. The van der Waals surface area contributed by atoms with E-state index in [4.69, 9.17) is 0 Å². The Morgan fingerprint density at radius 2 is 1.88 bits per heavy atom. The van der Waals surface area contributed by atoms with Gasteiger partial charge in [0, 0.05) is 11.3 Å². The Hall–Kier alpha value is -0.960. The summed E-state index contributed by atoms with van der Waals surface area (Å²) in [5.74, 6) is 0.623. The highest BCUT2D eigenvalue weighted by Crippen LogP contribution is 2.26. The first-order valence-electron chi connectivity index (χ1n) is 5.67. The number of hydrogen-bond acceptors (Lipinski definition) is 2. The van der Waals surface area contributed by atoms with E-state index in [1.165, 1.54) is 0 Å². The molecule has 2 rings (SSSR count). The van der Waals surface area contributed by atoms with Gasteiger partial charge in [0.15, 0.2) is 0 Å². The Balaban J connectivity index is 2.14. The van der Waals surface area contributed by atoms with Gasteiger partial charge >= 0.3 is 0 Å². The normalized spacial score (nSPS) is 27.7. The first-order chi connectivity index (χ1) is 7.68. The van der Waals surface area contributed by atoms with Crippen LogP contribution in [0.1, 0.15) is 26.2 Å². The van der Waals surface area contributed by atoms with Gasteiger partial charge in [-0.25, -0.2) is 0 Å². The Morgan fingerprint density at radius 1 is 1.19 bits per heavy atom. The molecule has 0 radical (unpaired) electrons. The van der Waals surface area contributed by atoms with Gasteiger partial charge in [-0.15, -0.1) is 0 Å². The molecule has 16 heavy (non-hydrogen) atoms. The topological polar surface area (TPSA) is 34.1 Å². The van der Waals surface area contributed by atoms with Gasteiger partial charge in [0.25, 0.3) is 0 Å². The third-order valence-electron chi connectivity index (χ3n) is 3.06. The van der Waals surface area contributed by atoms with Crippen molar-refractivity contribution in [3.63, 3.8) is 0 Å². The molecule has 1 saturated carbocycles. The summed E-state index contributed by atoms with van der Waals surface area (Å²) < 4.78 is 12.2. The average molecular weight is 236 g/mol. The fourth-order valence-corrected chi connectivity index (χ4v) is 3.56. The van der Waals surface area contributed by atoms with Crippen molar-refractivity contribution in [1.29, 1.82) is 0 Å². The predicted molar refractivity (Wildman–Crippen MR) is 64.7 cm³/mol. The number of carbonyl (C=O) groups is 1. The molecule has 0 N–H and O–H groups in total. The molecule has 0 aromatic heterocycles. The van der Waals surface area contributed by atoms with E-state index in [-0.39, 0.29) is 11.0 Å². The molecule has 1 aliphatic carbocycles. The van der Waals surface area contributed by atoms with Gasteiger partial charge in [-0.1, -0.05) is 25.1 Å². The maximum atomic E-state index is 12.2. The van der Waals surface area contributed by atoms with E-state index in [0.29, 0.717) is 12.3 Å². The second-order valence-corrected chi connectivity index (χ2v) is 6.09. The van der Waals surface area contributed by atoms with Gasteiger partial charge < -0.3 is 0 Å². The number of Topliss-reactive ketones (excluding diaryl/α,β-unsaturated/α-hetero) is 1. The molecule has 3 heteroatoms. The van der Waals surface area contributed by atoms with Crippen LogP contribution in [0.5, 0.6) is 0 Å². The largest absolute Gasteiger partial charge is 0.298 e. The smallest absolute Gasteiger partial charge is 0.149 e. The molecule has 1 aliphatic rings. The summed E-state index contributed by atoms with van der Waals surface area (Å²) in [5.41, 5.74) is 0. The summed E-state index contributed by atoms with van der Waals surface area (Å²) >= 11 is 0. The van der Waals surface area contributed by atoms with E-state index in [2.05, 4.69) is 6.92 Å². The van der Waals surface area contributed by atoms with Crippen molar-refractivity contribution >= 4 is 16.6 Å². The Bertz CT molecular complexity index is 400. The van der Waals surface area contributed by atoms with E-state index < -0.39 is 10.8 Å². The standard InChI is InChI=1S/C13H16O2S/c1-10-7-8-13(12(14)9-10)16(15)11-5-3-2-4-6-11/h2-6,10,13H,7-9H2,1H3/t10-,13-,16-/m1/s1. The minimum atomic E-state index is -1.16. The third kappa shape index (κ3) is 2.40. The Kier molecular flexibility index (Phi) is 3.54. The van der Waals surface area contributed by atoms with Gasteiger partial charge in [-0.3, -0.25) is 9.00 Å². The number of benzene rings is 1. The van der Waals surface area contributed by atoms with Gasteiger partial charge in [0.2, 0.25) is 0 Å². The van der Waals surface area contributed by atoms with E-state index in [1.807, 2.05) is 30.3 Å². The summed E-state index contributed by atoms with van der Waals surface area (Å²) in [6.07, 6.45) is 2.36. The van der Waals surface area contributed by atoms with Crippen molar-refractivity contribution in [3.8, 4) is 0 Å². The van der Waals surface area contributed by atoms with Crippen molar-refractivity contribution in [2.75, 3.05) is 0 Å². The fraction of sp³-hybridized carbons (Fsp3) is 0.462. The van der Waals surface area contributed by atoms with Crippen LogP contribution in [0.25, 0.3) is 0 Å². The zero-order valence-electron chi connectivity index (χ0n) is 9.39. The summed E-state index contributed by atoms with van der Waals surface area (Å²) in [4.78, 5) is 12.6. The zero-order valence-corrected chi connectivity index (χ0v) is 10.2. The lowest BCUT2D eigenvalue weighted by Crippen LogP contribution is -2.32. The molecule has 0 unspecified atom stereocenters. The Labute approximate surface area is 98.5 Å². The maximum absolute atomic E-state index is 12.2. The molecule has 3 atom stereocenters. The highest BCUT2D eigenvalue weighted by atomic mass is 32.2. The lowest BCUT2D eigenvalue weighted by atomic mass is 9.89. The van der Waals surface area contributed by atoms with Crippen molar-refractivity contribution in [3.05, 3.63) is 30.3 Å². The molecule has 1 aromatic carbocycles. The Morgan fingerprint density at radius 3 is 2.50 bits per heavy atom. The second-order valence-electron chi connectivity index (χ2n) is 4.45. The lowest BCUT2D eigenvalue weighted by Gasteiger charge is -2.24. The van der Waals surface area contributed by atoms with Gasteiger partial charge in [-0.05, 0) is 30.9 Å². The van der Waals surface area contributed by atoms with Crippen LogP contribution in [0.4, 0.5) is 0 Å². The van der Waals surface area contributed by atoms with E-state index >= 15 is 0 Å². The van der Waals surface area contributed by atoms with Gasteiger partial charge in [-0.2, -0.15) is 0 Å². The van der Waals surface area contributed by atoms with Crippen molar-refractivity contribution < 1.29 is 9.00 Å². The van der Waals surface area contributed by atoms with E-state index in [0.717, 1.165) is 17.7 Å². The third-order valence-corrected chi connectivity index (χ3v) is 4.82. The van der Waals surface area contributed by atoms with E-state index in [9.17, 15) is 9.00 Å². The number of rotatable bonds is 2. The highest BCUT2D eigenvalue weighted by molar-refractivity contribution is 7.86. The van der Waals surface area contributed by atoms with Crippen molar-refractivity contribution in [2.24, 2.45) is 5.92 Å². The summed E-state index contributed by atoms with van der Waals surface area (Å²) in [5, 5.41) is -0.279. The van der Waals surface area contributed by atoms with Crippen LogP contribution in [-0.4, -0.2) is 15.2 Å². The lowest BCUT2D eigenvalue weighted by molar-refractivity contribution is -0.120. The highest BCUT2D eigenvalue weighted by Gasteiger charge is 2.31. The molecule has 0 amide bonds. The van der Waals surface area contributed by atoms with Crippen molar-refractivity contribution in [2.45, 2.75) is 36.3 Å². The molecule has 0 spiro atoms. The number of carbonyl (C=O) groups excluding carboxylic acids is 1. The molecule has 0 bridgehead atoms. The van der Waals surface area contributed by atoms with Crippen LogP contribution in [-0.2, 0) is 15.6 Å².